The van der Waals surface area contributed by atoms with Gasteiger partial charge in [0.2, 0.25) is 0 Å². The summed E-state index contributed by atoms with van der Waals surface area (Å²) in [4.78, 5) is 0. The molecule has 4 aromatic carbocycles. The van der Waals surface area contributed by atoms with Crippen LogP contribution in [0.5, 0.6) is 23.0 Å². The molecule has 0 heterocycles. The van der Waals surface area contributed by atoms with E-state index in [4.69, 9.17) is 18.9 Å². The fourth-order valence-electron chi connectivity index (χ4n) is 4.57. The summed E-state index contributed by atoms with van der Waals surface area (Å²) in [6, 6.07) is 19.7. The van der Waals surface area contributed by atoms with Crippen molar-refractivity contribution in [3.05, 3.63) is 71.8 Å². The normalized spacial score (nSPS) is 10.9. The van der Waals surface area contributed by atoms with Crippen LogP contribution in [0.15, 0.2) is 60.7 Å². The molecule has 0 aromatic heterocycles. The quantitative estimate of drug-likeness (QED) is 0.377. The summed E-state index contributed by atoms with van der Waals surface area (Å²) in [7, 11) is 6.28. The third kappa shape index (κ3) is 3.81. The van der Waals surface area contributed by atoms with E-state index in [1.807, 2.05) is 60.7 Å². The van der Waals surface area contributed by atoms with Gasteiger partial charge in [0.25, 0.3) is 0 Å². The largest absolute Gasteiger partial charge is 0.493 e. The zero-order chi connectivity index (χ0) is 24.2. The van der Waals surface area contributed by atoms with Crippen LogP contribution in [-0.2, 0) is 13.2 Å². The molecule has 0 saturated carbocycles. The van der Waals surface area contributed by atoms with Crippen molar-refractivity contribution in [3.63, 3.8) is 0 Å². The van der Waals surface area contributed by atoms with Crippen molar-refractivity contribution in [2.45, 2.75) is 13.2 Å². The van der Waals surface area contributed by atoms with Crippen LogP contribution in [0.3, 0.4) is 0 Å². The van der Waals surface area contributed by atoms with E-state index < -0.39 is 0 Å². The summed E-state index contributed by atoms with van der Waals surface area (Å²) < 4.78 is 22.0. The molecule has 0 amide bonds. The van der Waals surface area contributed by atoms with E-state index in [1.165, 1.54) is 0 Å². The van der Waals surface area contributed by atoms with Crippen LogP contribution < -0.4 is 18.9 Å². The molecule has 2 N–H and O–H groups in total. The molecular weight excluding hydrogens is 432 g/mol. The highest BCUT2D eigenvalue weighted by molar-refractivity contribution is 6.06. The molecular formula is C28H28O6. The van der Waals surface area contributed by atoms with Gasteiger partial charge in [0.15, 0.2) is 23.0 Å². The Hall–Kier alpha value is -3.74. The lowest BCUT2D eigenvalue weighted by Gasteiger charge is -2.20. The van der Waals surface area contributed by atoms with Crippen molar-refractivity contribution < 1.29 is 29.2 Å². The monoisotopic (exact) mass is 460 g/mol. The zero-order valence-electron chi connectivity index (χ0n) is 19.7. The van der Waals surface area contributed by atoms with Crippen LogP contribution in [0.2, 0.25) is 0 Å². The number of benzene rings is 4. The van der Waals surface area contributed by atoms with E-state index in [9.17, 15) is 10.2 Å². The first kappa shape index (κ1) is 23.4. The number of ether oxygens (including phenoxy) is 4. The molecule has 0 unspecified atom stereocenters. The van der Waals surface area contributed by atoms with Gasteiger partial charge in [0, 0.05) is 11.1 Å². The van der Waals surface area contributed by atoms with Gasteiger partial charge in [-0.25, -0.2) is 0 Å². The standard InChI is InChI=1S/C28H28O6/c1-31-25-13-11-21(23(15-29)27(25)33-3)19-9-10-20(18-8-6-5-7-17(18)19)22-12-14-26(32-2)28(34-4)24(22)16-30/h5-14,29-30H,15-16H2,1-4H3. The predicted molar refractivity (Wildman–Crippen MR) is 133 cm³/mol. The Bertz CT molecular complexity index is 1230. The van der Waals surface area contributed by atoms with Gasteiger partial charge in [-0.15, -0.1) is 0 Å². The van der Waals surface area contributed by atoms with Crippen molar-refractivity contribution in [1.29, 1.82) is 0 Å². The SMILES string of the molecule is COc1ccc(-c2ccc(-c3ccc(OC)c(OC)c3CO)c3ccccc23)c(CO)c1OC. The molecule has 0 bridgehead atoms. The topological polar surface area (TPSA) is 77.4 Å². The first-order valence-corrected chi connectivity index (χ1v) is 10.8. The minimum Gasteiger partial charge on any atom is -0.493 e. The Labute approximate surface area is 198 Å². The molecule has 0 radical (unpaired) electrons. The Balaban J connectivity index is 2.00. The number of methoxy groups -OCH3 is 4. The van der Waals surface area contributed by atoms with E-state index >= 15 is 0 Å². The number of aliphatic hydroxyl groups is 2. The average Bonchev–Trinajstić information content (AvgIpc) is 2.90. The van der Waals surface area contributed by atoms with Crippen molar-refractivity contribution >= 4 is 10.8 Å². The number of hydrogen-bond donors (Lipinski definition) is 2. The van der Waals surface area contributed by atoms with Crippen molar-refractivity contribution in [2.24, 2.45) is 0 Å². The Morgan fingerprint density at radius 3 is 1.21 bits per heavy atom. The summed E-state index contributed by atoms with van der Waals surface area (Å²) in [6.45, 7) is -0.397. The lowest BCUT2D eigenvalue weighted by atomic mass is 9.88. The number of aliphatic hydroxyl groups excluding tert-OH is 2. The molecule has 0 spiro atoms. The van der Waals surface area contributed by atoms with E-state index in [-0.39, 0.29) is 13.2 Å². The van der Waals surface area contributed by atoms with E-state index in [0.29, 0.717) is 34.1 Å². The molecule has 0 saturated heterocycles. The molecule has 0 atom stereocenters. The molecule has 0 aliphatic rings. The second-order valence-electron chi connectivity index (χ2n) is 7.68. The van der Waals surface area contributed by atoms with Gasteiger partial charge in [-0.3, -0.25) is 0 Å². The van der Waals surface area contributed by atoms with Crippen LogP contribution in [0.4, 0.5) is 0 Å². The van der Waals surface area contributed by atoms with Gasteiger partial charge < -0.3 is 29.2 Å². The summed E-state index contributed by atoms with van der Waals surface area (Å²) in [6.07, 6.45) is 0. The molecule has 0 fully saturated rings. The lowest BCUT2D eigenvalue weighted by Crippen LogP contribution is -2.00. The van der Waals surface area contributed by atoms with E-state index in [1.54, 1.807) is 28.4 Å². The van der Waals surface area contributed by atoms with Gasteiger partial charge >= 0.3 is 0 Å². The maximum atomic E-state index is 10.2. The second kappa shape index (κ2) is 10.0. The number of rotatable bonds is 8. The van der Waals surface area contributed by atoms with Crippen LogP contribution >= 0.6 is 0 Å². The minimum absolute atomic E-state index is 0.198. The van der Waals surface area contributed by atoms with Gasteiger partial charge in [-0.1, -0.05) is 48.5 Å². The number of hydrogen-bond acceptors (Lipinski definition) is 6. The van der Waals surface area contributed by atoms with Gasteiger partial charge in [-0.2, -0.15) is 0 Å². The smallest absolute Gasteiger partial charge is 0.166 e. The molecule has 6 heteroatoms. The van der Waals surface area contributed by atoms with Crippen LogP contribution in [-0.4, -0.2) is 38.7 Å². The summed E-state index contributed by atoms with van der Waals surface area (Å²) in [5.74, 6) is 2.15. The molecule has 176 valence electrons. The highest BCUT2D eigenvalue weighted by Gasteiger charge is 2.20. The zero-order valence-corrected chi connectivity index (χ0v) is 19.7. The molecule has 0 aliphatic carbocycles. The predicted octanol–water partition coefficient (Wildman–Crippen LogP) is 5.19. The van der Waals surface area contributed by atoms with Gasteiger partial charge in [-0.05, 0) is 45.2 Å². The summed E-state index contributed by atoms with van der Waals surface area (Å²) >= 11 is 0. The molecule has 6 nitrogen and oxygen atoms in total. The first-order valence-electron chi connectivity index (χ1n) is 10.8. The van der Waals surface area contributed by atoms with Crippen LogP contribution in [0.1, 0.15) is 11.1 Å². The summed E-state index contributed by atoms with van der Waals surface area (Å²) in [5.41, 5.74) is 4.93. The Kier molecular flexibility index (Phi) is 6.91. The highest BCUT2D eigenvalue weighted by Crippen LogP contribution is 2.44. The van der Waals surface area contributed by atoms with Crippen molar-refractivity contribution in [2.75, 3.05) is 28.4 Å². The maximum Gasteiger partial charge on any atom is 0.166 e. The van der Waals surface area contributed by atoms with Crippen LogP contribution in [0, 0.1) is 0 Å². The van der Waals surface area contributed by atoms with Crippen molar-refractivity contribution in [3.8, 4) is 45.3 Å². The van der Waals surface area contributed by atoms with Gasteiger partial charge in [0.05, 0.1) is 41.7 Å². The Morgan fingerprint density at radius 1 is 0.500 bits per heavy atom. The van der Waals surface area contributed by atoms with E-state index in [2.05, 4.69) is 0 Å². The van der Waals surface area contributed by atoms with E-state index in [0.717, 1.165) is 33.0 Å². The number of fused-ring (bicyclic) bond motifs is 1. The minimum atomic E-state index is -0.198. The molecule has 4 aromatic rings. The fraction of sp³-hybridized carbons (Fsp3) is 0.214. The molecule has 0 aliphatic heterocycles. The average molecular weight is 461 g/mol. The van der Waals surface area contributed by atoms with Crippen LogP contribution in [0.25, 0.3) is 33.0 Å². The molecule has 4 rings (SSSR count). The molecule has 34 heavy (non-hydrogen) atoms. The first-order chi connectivity index (χ1) is 16.6. The maximum absolute atomic E-state index is 10.2. The highest BCUT2D eigenvalue weighted by atomic mass is 16.5. The summed E-state index contributed by atoms with van der Waals surface area (Å²) in [5, 5.41) is 22.4. The van der Waals surface area contributed by atoms with Crippen molar-refractivity contribution in [1.82, 2.24) is 0 Å². The van der Waals surface area contributed by atoms with Gasteiger partial charge in [0.1, 0.15) is 0 Å². The second-order valence-corrected chi connectivity index (χ2v) is 7.68. The third-order valence-electron chi connectivity index (χ3n) is 6.12. The fourth-order valence-corrected chi connectivity index (χ4v) is 4.57. The lowest BCUT2D eigenvalue weighted by molar-refractivity contribution is 0.270. The Morgan fingerprint density at radius 2 is 0.882 bits per heavy atom. The third-order valence-corrected chi connectivity index (χ3v) is 6.12.